The van der Waals surface area contributed by atoms with Gasteiger partial charge in [0.1, 0.15) is 11.2 Å². The van der Waals surface area contributed by atoms with Crippen molar-refractivity contribution in [3.05, 3.63) is 72.2 Å². The highest BCUT2D eigenvalue weighted by atomic mass is 16.5. The number of hydrogen-bond donors (Lipinski definition) is 2. The van der Waals surface area contributed by atoms with Crippen molar-refractivity contribution in [2.24, 2.45) is 0 Å². The van der Waals surface area contributed by atoms with E-state index in [1.165, 1.54) is 0 Å². The van der Waals surface area contributed by atoms with Crippen LogP contribution in [-0.4, -0.2) is 30.1 Å². The number of aromatic nitrogens is 6. The number of pyridine rings is 1. The molecule has 8 heteroatoms. The molecule has 0 saturated carbocycles. The summed E-state index contributed by atoms with van der Waals surface area (Å²) < 4.78 is 7.40. The lowest BCUT2D eigenvalue weighted by Crippen LogP contribution is -2.02. The number of aryl methyl sites for hydroxylation is 1. The van der Waals surface area contributed by atoms with Gasteiger partial charge in [-0.1, -0.05) is 17.3 Å². The topological polar surface area (TPSA) is 97.5 Å². The van der Waals surface area contributed by atoms with E-state index in [9.17, 15) is 0 Å². The van der Waals surface area contributed by atoms with Crippen molar-refractivity contribution in [2.45, 2.75) is 13.5 Å². The minimum atomic E-state index is 0.544. The maximum Gasteiger partial charge on any atom is 0.178 e. The molecule has 8 nitrogen and oxygen atoms in total. The number of fused-ring (bicyclic) bond motifs is 3. The van der Waals surface area contributed by atoms with Crippen LogP contribution in [0.1, 0.15) is 11.4 Å². The summed E-state index contributed by atoms with van der Waals surface area (Å²) in [6.07, 6.45) is 1.76. The second-order valence-electron chi connectivity index (χ2n) is 7.20. The van der Waals surface area contributed by atoms with Gasteiger partial charge in [0.15, 0.2) is 11.4 Å². The molecule has 0 aliphatic rings. The normalized spacial score (nSPS) is 11.6. The van der Waals surface area contributed by atoms with E-state index in [-0.39, 0.29) is 0 Å². The zero-order valence-electron chi connectivity index (χ0n) is 16.1. The number of hydrogen-bond acceptors (Lipinski definition) is 6. The van der Waals surface area contributed by atoms with E-state index in [0.29, 0.717) is 12.4 Å². The van der Waals surface area contributed by atoms with Crippen molar-refractivity contribution in [1.29, 1.82) is 0 Å². The maximum atomic E-state index is 5.44. The first kappa shape index (κ1) is 16.7. The van der Waals surface area contributed by atoms with Gasteiger partial charge in [-0.15, -0.1) is 0 Å². The Morgan fingerprint density at radius 2 is 2.00 bits per heavy atom. The Labute approximate surface area is 170 Å². The third-order valence-electron chi connectivity index (χ3n) is 5.27. The standard InChI is InChI=1S/C22H17N7O/c1-13-16-11-14(24-22-21-17(25-26-22)6-4-10-23-21)8-9-19(16)29(27-13)12-18-15-5-2-3-7-20(15)30-28-18/h2-11H,12H2,1H3,(H2,24,25,26). The predicted molar refractivity (Wildman–Crippen MR) is 115 cm³/mol. The molecule has 146 valence electrons. The fourth-order valence-electron chi connectivity index (χ4n) is 3.81. The number of aromatic amines is 1. The first-order valence-electron chi connectivity index (χ1n) is 9.63. The minimum absolute atomic E-state index is 0.544. The van der Waals surface area contributed by atoms with Crippen LogP contribution in [0.5, 0.6) is 0 Å². The number of nitrogens with zero attached hydrogens (tertiary/aromatic N) is 5. The Balaban J connectivity index is 1.36. The van der Waals surface area contributed by atoms with Gasteiger partial charge >= 0.3 is 0 Å². The summed E-state index contributed by atoms with van der Waals surface area (Å²) in [6.45, 7) is 2.55. The first-order chi connectivity index (χ1) is 14.8. The van der Waals surface area contributed by atoms with Crippen LogP contribution in [0.15, 0.2) is 65.3 Å². The average Bonchev–Trinajstić information content (AvgIpc) is 3.46. The third kappa shape index (κ3) is 2.61. The van der Waals surface area contributed by atoms with Gasteiger partial charge in [0.05, 0.1) is 23.3 Å². The number of H-pyrrole nitrogens is 1. The van der Waals surface area contributed by atoms with Crippen molar-refractivity contribution in [3.8, 4) is 0 Å². The number of anilines is 2. The van der Waals surface area contributed by atoms with E-state index in [1.54, 1.807) is 6.20 Å². The molecular weight excluding hydrogens is 378 g/mol. The highest BCUT2D eigenvalue weighted by Crippen LogP contribution is 2.27. The molecule has 4 heterocycles. The van der Waals surface area contributed by atoms with E-state index in [0.717, 1.165) is 50.0 Å². The largest absolute Gasteiger partial charge is 0.356 e. The Kier molecular flexibility index (Phi) is 3.58. The minimum Gasteiger partial charge on any atom is -0.356 e. The number of rotatable bonds is 4. The van der Waals surface area contributed by atoms with Gasteiger partial charge in [0, 0.05) is 22.7 Å². The molecule has 4 aromatic heterocycles. The predicted octanol–water partition coefficient (Wildman–Crippen LogP) is 4.55. The molecule has 0 aliphatic carbocycles. The van der Waals surface area contributed by atoms with E-state index in [1.807, 2.05) is 54.1 Å². The Morgan fingerprint density at radius 3 is 2.97 bits per heavy atom. The van der Waals surface area contributed by atoms with Crippen molar-refractivity contribution in [2.75, 3.05) is 5.32 Å². The molecule has 2 aromatic carbocycles. The second kappa shape index (κ2) is 6.41. The zero-order chi connectivity index (χ0) is 20.1. The number of nitrogens with one attached hydrogen (secondary N) is 2. The van der Waals surface area contributed by atoms with Crippen LogP contribution in [0.3, 0.4) is 0 Å². The molecule has 0 unspecified atom stereocenters. The van der Waals surface area contributed by atoms with Crippen LogP contribution in [0.2, 0.25) is 0 Å². The van der Waals surface area contributed by atoms with Crippen LogP contribution in [0, 0.1) is 6.92 Å². The van der Waals surface area contributed by atoms with Crippen LogP contribution in [0.4, 0.5) is 11.5 Å². The lowest BCUT2D eigenvalue weighted by atomic mass is 10.2. The summed E-state index contributed by atoms with van der Waals surface area (Å²) in [5, 5.41) is 21.7. The molecule has 6 aromatic rings. The molecule has 0 bridgehead atoms. The van der Waals surface area contributed by atoms with Gasteiger partial charge in [-0.25, -0.2) is 0 Å². The molecular formula is C22H17N7O. The van der Waals surface area contributed by atoms with Gasteiger partial charge in [0.25, 0.3) is 0 Å². The lowest BCUT2D eigenvalue weighted by molar-refractivity contribution is 0.441. The highest BCUT2D eigenvalue weighted by molar-refractivity contribution is 5.90. The van der Waals surface area contributed by atoms with E-state index in [2.05, 4.69) is 37.8 Å². The van der Waals surface area contributed by atoms with Gasteiger partial charge < -0.3 is 9.84 Å². The Morgan fingerprint density at radius 1 is 1.07 bits per heavy atom. The average molecular weight is 395 g/mol. The van der Waals surface area contributed by atoms with Crippen molar-refractivity contribution >= 4 is 44.4 Å². The van der Waals surface area contributed by atoms with Crippen molar-refractivity contribution < 1.29 is 4.52 Å². The van der Waals surface area contributed by atoms with E-state index < -0.39 is 0 Å². The Hall–Kier alpha value is -4.20. The molecule has 0 atom stereocenters. The fraction of sp³-hybridized carbons (Fsp3) is 0.0909. The maximum absolute atomic E-state index is 5.44. The summed E-state index contributed by atoms with van der Waals surface area (Å²) in [5.74, 6) is 0.698. The summed E-state index contributed by atoms with van der Waals surface area (Å²) in [4.78, 5) is 4.40. The van der Waals surface area contributed by atoms with Crippen molar-refractivity contribution in [1.82, 2.24) is 30.1 Å². The molecule has 0 radical (unpaired) electrons. The second-order valence-corrected chi connectivity index (χ2v) is 7.20. The quantitative estimate of drug-likeness (QED) is 0.454. The van der Waals surface area contributed by atoms with Gasteiger partial charge in [-0.2, -0.15) is 10.2 Å². The monoisotopic (exact) mass is 395 g/mol. The number of benzene rings is 2. The van der Waals surface area contributed by atoms with Crippen LogP contribution in [-0.2, 0) is 6.54 Å². The van der Waals surface area contributed by atoms with Gasteiger partial charge in [0.2, 0.25) is 0 Å². The molecule has 6 rings (SSSR count). The van der Waals surface area contributed by atoms with Gasteiger partial charge in [-0.05, 0) is 49.4 Å². The zero-order valence-corrected chi connectivity index (χ0v) is 16.1. The SMILES string of the molecule is Cc1nn(Cc2noc3ccccc23)c2ccc(Nc3n[nH]c4cccnc34)cc12. The van der Waals surface area contributed by atoms with Crippen LogP contribution >= 0.6 is 0 Å². The molecule has 0 aliphatic heterocycles. The van der Waals surface area contributed by atoms with Crippen LogP contribution in [0.25, 0.3) is 32.9 Å². The van der Waals surface area contributed by atoms with Gasteiger partial charge in [-0.3, -0.25) is 14.8 Å². The molecule has 30 heavy (non-hydrogen) atoms. The molecule has 0 fully saturated rings. The van der Waals surface area contributed by atoms with Crippen LogP contribution < -0.4 is 5.32 Å². The Bertz CT molecular complexity index is 1520. The van der Waals surface area contributed by atoms with E-state index in [4.69, 9.17) is 9.62 Å². The van der Waals surface area contributed by atoms with E-state index >= 15 is 0 Å². The van der Waals surface area contributed by atoms with Crippen molar-refractivity contribution in [3.63, 3.8) is 0 Å². The molecule has 2 N–H and O–H groups in total. The summed E-state index contributed by atoms with van der Waals surface area (Å²) >= 11 is 0. The summed E-state index contributed by atoms with van der Waals surface area (Å²) in [6, 6.07) is 17.9. The smallest absolute Gasteiger partial charge is 0.178 e. The lowest BCUT2D eigenvalue weighted by Gasteiger charge is -2.05. The number of para-hydroxylation sites is 1. The fourth-order valence-corrected chi connectivity index (χ4v) is 3.81. The highest BCUT2D eigenvalue weighted by Gasteiger charge is 2.14. The summed E-state index contributed by atoms with van der Waals surface area (Å²) in [5.41, 5.74) is 6.27. The molecule has 0 amide bonds. The first-order valence-corrected chi connectivity index (χ1v) is 9.63. The third-order valence-corrected chi connectivity index (χ3v) is 5.27. The summed E-state index contributed by atoms with van der Waals surface area (Å²) in [7, 11) is 0. The molecule has 0 saturated heterocycles. The molecule has 0 spiro atoms.